The highest BCUT2D eigenvalue weighted by molar-refractivity contribution is 4.54. The number of ether oxygens (including phenoxy) is 1. The lowest BCUT2D eigenvalue weighted by molar-refractivity contribution is -0.124. The molecular weight excluding hydrogens is 164 g/mol. The second kappa shape index (κ2) is 6.35. The number of nitrogens with zero attached hydrogens (tertiary/aromatic N) is 2. The van der Waals surface area contributed by atoms with E-state index in [1.165, 1.54) is 0 Å². The Labute approximate surface area is 82.7 Å². The minimum absolute atomic E-state index is 0.189. The van der Waals surface area contributed by atoms with E-state index in [2.05, 4.69) is 51.6 Å². The van der Waals surface area contributed by atoms with Gasteiger partial charge in [0, 0.05) is 0 Å². The van der Waals surface area contributed by atoms with Crippen LogP contribution >= 0.6 is 0 Å². The van der Waals surface area contributed by atoms with Crippen molar-refractivity contribution in [2.45, 2.75) is 40.2 Å². The van der Waals surface area contributed by atoms with Gasteiger partial charge in [-0.1, -0.05) is 13.8 Å². The lowest BCUT2D eigenvalue weighted by atomic mass is 10.5. The lowest BCUT2D eigenvalue weighted by Gasteiger charge is -2.30. The van der Waals surface area contributed by atoms with Crippen LogP contribution in [-0.4, -0.2) is 49.4 Å². The predicted octanol–water partition coefficient (Wildman–Crippen LogP) is 1.60. The van der Waals surface area contributed by atoms with E-state index in [4.69, 9.17) is 4.74 Å². The summed E-state index contributed by atoms with van der Waals surface area (Å²) in [6.07, 6.45) is 0.378. The molecule has 0 rings (SSSR count). The molecule has 0 aliphatic heterocycles. The summed E-state index contributed by atoms with van der Waals surface area (Å²) >= 11 is 0. The third kappa shape index (κ3) is 4.60. The largest absolute Gasteiger partial charge is 0.345 e. The second-order valence-electron chi connectivity index (χ2n) is 3.48. The molecule has 0 aromatic rings. The summed E-state index contributed by atoms with van der Waals surface area (Å²) < 4.78 is 5.81. The maximum atomic E-state index is 5.81. The van der Waals surface area contributed by atoms with Crippen LogP contribution in [0, 0.1) is 0 Å². The van der Waals surface area contributed by atoms with Gasteiger partial charge in [-0.15, -0.1) is 0 Å². The third-order valence-corrected chi connectivity index (χ3v) is 2.63. The fourth-order valence-electron chi connectivity index (χ4n) is 1.01. The van der Waals surface area contributed by atoms with E-state index in [1.54, 1.807) is 0 Å². The van der Waals surface area contributed by atoms with Gasteiger partial charge in [-0.25, -0.2) is 0 Å². The van der Waals surface area contributed by atoms with Crippen molar-refractivity contribution in [2.75, 3.05) is 27.2 Å². The Hall–Kier alpha value is -0.120. The van der Waals surface area contributed by atoms with Crippen molar-refractivity contribution < 1.29 is 4.74 Å². The predicted molar refractivity (Wildman–Crippen MR) is 56.6 cm³/mol. The van der Waals surface area contributed by atoms with Crippen molar-refractivity contribution in [3.05, 3.63) is 0 Å². The normalized spacial score (nSPS) is 16.6. The molecule has 0 aromatic carbocycles. The van der Waals surface area contributed by atoms with Gasteiger partial charge in [0.15, 0.2) is 0 Å². The van der Waals surface area contributed by atoms with Crippen LogP contribution in [-0.2, 0) is 4.74 Å². The summed E-state index contributed by atoms with van der Waals surface area (Å²) in [5.74, 6) is 0. The molecule has 0 aromatic heterocycles. The van der Waals surface area contributed by atoms with Crippen LogP contribution in [0.3, 0.4) is 0 Å². The molecule has 0 spiro atoms. The molecule has 0 bridgehead atoms. The SMILES string of the molecule is CCN(C)C(C)OC(C)N(C)CC. The monoisotopic (exact) mass is 188 g/mol. The Morgan fingerprint density at radius 1 is 0.923 bits per heavy atom. The maximum Gasteiger partial charge on any atom is 0.109 e. The number of hydrogen-bond acceptors (Lipinski definition) is 3. The van der Waals surface area contributed by atoms with Crippen LogP contribution in [0.5, 0.6) is 0 Å². The molecule has 0 saturated carbocycles. The zero-order valence-corrected chi connectivity index (χ0v) is 9.87. The highest BCUT2D eigenvalue weighted by Gasteiger charge is 2.13. The van der Waals surface area contributed by atoms with Gasteiger partial charge in [-0.2, -0.15) is 0 Å². The maximum absolute atomic E-state index is 5.81. The molecule has 3 heteroatoms. The smallest absolute Gasteiger partial charge is 0.109 e. The van der Waals surface area contributed by atoms with Crippen molar-refractivity contribution in [3.8, 4) is 0 Å². The first kappa shape index (κ1) is 12.9. The minimum atomic E-state index is 0.189. The summed E-state index contributed by atoms with van der Waals surface area (Å²) in [7, 11) is 4.15. The van der Waals surface area contributed by atoms with E-state index >= 15 is 0 Å². The van der Waals surface area contributed by atoms with Gasteiger partial charge in [0.05, 0.1) is 0 Å². The Bertz CT molecular complexity index is 116. The van der Waals surface area contributed by atoms with Gasteiger partial charge >= 0.3 is 0 Å². The van der Waals surface area contributed by atoms with Crippen molar-refractivity contribution in [2.24, 2.45) is 0 Å². The first-order valence-corrected chi connectivity index (χ1v) is 5.08. The van der Waals surface area contributed by atoms with Crippen LogP contribution in [0.15, 0.2) is 0 Å². The number of rotatable bonds is 6. The Balaban J connectivity index is 3.83. The molecule has 80 valence electrons. The highest BCUT2D eigenvalue weighted by atomic mass is 16.5. The van der Waals surface area contributed by atoms with E-state index < -0.39 is 0 Å². The average molecular weight is 188 g/mol. The minimum Gasteiger partial charge on any atom is -0.345 e. The molecule has 0 aliphatic rings. The quantitative estimate of drug-likeness (QED) is 0.589. The Morgan fingerprint density at radius 2 is 1.23 bits per heavy atom. The lowest BCUT2D eigenvalue weighted by Crippen LogP contribution is -2.40. The van der Waals surface area contributed by atoms with Crippen LogP contribution in [0.2, 0.25) is 0 Å². The zero-order chi connectivity index (χ0) is 10.4. The van der Waals surface area contributed by atoms with Crippen LogP contribution < -0.4 is 0 Å². The number of hydrogen-bond donors (Lipinski definition) is 0. The fraction of sp³-hybridized carbons (Fsp3) is 1.00. The van der Waals surface area contributed by atoms with Gasteiger partial charge in [-0.05, 0) is 41.0 Å². The summed E-state index contributed by atoms with van der Waals surface area (Å²) in [6, 6.07) is 0. The van der Waals surface area contributed by atoms with Gasteiger partial charge in [0.2, 0.25) is 0 Å². The summed E-state index contributed by atoms with van der Waals surface area (Å²) in [6.45, 7) is 10.5. The molecule has 13 heavy (non-hydrogen) atoms. The zero-order valence-electron chi connectivity index (χ0n) is 9.87. The highest BCUT2D eigenvalue weighted by Crippen LogP contribution is 2.04. The van der Waals surface area contributed by atoms with Gasteiger partial charge in [0.1, 0.15) is 12.5 Å². The third-order valence-electron chi connectivity index (χ3n) is 2.63. The van der Waals surface area contributed by atoms with E-state index in [0.29, 0.717) is 0 Å². The van der Waals surface area contributed by atoms with Crippen molar-refractivity contribution >= 4 is 0 Å². The molecule has 0 radical (unpaired) electrons. The van der Waals surface area contributed by atoms with E-state index in [-0.39, 0.29) is 12.5 Å². The molecule has 0 amide bonds. The molecule has 0 aliphatic carbocycles. The Kier molecular flexibility index (Phi) is 6.29. The molecule has 2 atom stereocenters. The first-order chi connectivity index (χ1) is 6.02. The van der Waals surface area contributed by atoms with Crippen LogP contribution in [0.25, 0.3) is 0 Å². The average Bonchev–Trinajstić information content (AvgIpc) is 2.14. The van der Waals surface area contributed by atoms with Gasteiger partial charge in [0.25, 0.3) is 0 Å². The summed E-state index contributed by atoms with van der Waals surface area (Å²) in [5.41, 5.74) is 0. The van der Waals surface area contributed by atoms with E-state index in [1.807, 2.05) is 0 Å². The van der Waals surface area contributed by atoms with Crippen LogP contribution in [0.1, 0.15) is 27.7 Å². The summed E-state index contributed by atoms with van der Waals surface area (Å²) in [5, 5.41) is 0. The molecule has 0 saturated heterocycles. The van der Waals surface area contributed by atoms with Crippen LogP contribution in [0.4, 0.5) is 0 Å². The standard InChI is InChI=1S/C10H24N2O/c1-7-11(5)9(3)13-10(4)12(6)8-2/h9-10H,7-8H2,1-6H3. The topological polar surface area (TPSA) is 15.7 Å². The van der Waals surface area contributed by atoms with Crippen molar-refractivity contribution in [3.63, 3.8) is 0 Å². The van der Waals surface area contributed by atoms with Gasteiger partial charge < -0.3 is 4.74 Å². The summed E-state index contributed by atoms with van der Waals surface area (Å²) in [4.78, 5) is 4.36. The second-order valence-corrected chi connectivity index (χ2v) is 3.48. The first-order valence-electron chi connectivity index (χ1n) is 5.08. The molecule has 3 nitrogen and oxygen atoms in total. The molecule has 0 fully saturated rings. The Morgan fingerprint density at radius 3 is 1.46 bits per heavy atom. The van der Waals surface area contributed by atoms with Gasteiger partial charge in [-0.3, -0.25) is 9.80 Å². The molecule has 0 heterocycles. The van der Waals surface area contributed by atoms with E-state index in [9.17, 15) is 0 Å². The van der Waals surface area contributed by atoms with Crippen molar-refractivity contribution in [1.82, 2.24) is 9.80 Å². The molecular formula is C10H24N2O. The fourth-order valence-corrected chi connectivity index (χ4v) is 1.01. The van der Waals surface area contributed by atoms with E-state index in [0.717, 1.165) is 13.1 Å². The molecule has 2 unspecified atom stereocenters. The molecule has 0 N–H and O–H groups in total. The van der Waals surface area contributed by atoms with Crippen molar-refractivity contribution in [1.29, 1.82) is 0 Å².